The van der Waals surface area contributed by atoms with E-state index >= 15 is 0 Å². The predicted molar refractivity (Wildman–Crippen MR) is 51.9 cm³/mol. The fourth-order valence-corrected chi connectivity index (χ4v) is 1.28. The molecule has 0 aliphatic rings. The molecule has 0 heterocycles. The van der Waals surface area contributed by atoms with E-state index in [9.17, 15) is 9.18 Å². The first-order valence-electron chi connectivity index (χ1n) is 4.31. The third-order valence-corrected chi connectivity index (χ3v) is 2.14. The number of hydrogen-bond acceptors (Lipinski definition) is 2. The highest BCUT2D eigenvalue weighted by Crippen LogP contribution is 2.23. The minimum atomic E-state index is -1.38. The van der Waals surface area contributed by atoms with Gasteiger partial charge in [-0.25, -0.2) is 9.18 Å². The summed E-state index contributed by atoms with van der Waals surface area (Å²) in [6.07, 6.45) is -1.28. The van der Waals surface area contributed by atoms with Crippen molar-refractivity contribution >= 4 is 6.09 Å². The molecule has 0 saturated carbocycles. The Balaban J connectivity index is 3.11. The maximum Gasteiger partial charge on any atom is 0.407 e. The predicted octanol–water partition coefficient (Wildman–Crippen LogP) is 1.91. The van der Waals surface area contributed by atoms with Gasteiger partial charge in [0, 0.05) is 12.7 Å². The molecule has 1 unspecified atom stereocenters. The lowest BCUT2D eigenvalue weighted by Crippen LogP contribution is -2.44. The summed E-state index contributed by atoms with van der Waals surface area (Å²) >= 11 is 0. The molecule has 82 valence electrons. The van der Waals surface area contributed by atoms with Gasteiger partial charge in [0.1, 0.15) is 5.82 Å². The standard InChI is InChI=1S/C10H12FNO3/c1-10(15-2,12-9(13)14)7-5-3-4-6-8(7)11/h3-6,12H,1-2H3,(H,13,14). The normalized spacial score (nSPS) is 14.3. The monoisotopic (exact) mass is 213 g/mol. The zero-order chi connectivity index (χ0) is 11.5. The minimum Gasteiger partial charge on any atom is -0.465 e. The molecule has 0 saturated heterocycles. The van der Waals surface area contributed by atoms with Crippen molar-refractivity contribution in [3.8, 4) is 0 Å². The molecular formula is C10H12FNO3. The molecule has 0 aromatic heterocycles. The Kier molecular flexibility index (Phi) is 3.26. The van der Waals surface area contributed by atoms with E-state index < -0.39 is 17.6 Å². The molecule has 1 rings (SSSR count). The second kappa shape index (κ2) is 4.27. The number of benzene rings is 1. The van der Waals surface area contributed by atoms with E-state index in [0.717, 1.165) is 0 Å². The van der Waals surface area contributed by atoms with Crippen LogP contribution in [-0.2, 0) is 10.5 Å². The van der Waals surface area contributed by atoms with Gasteiger partial charge >= 0.3 is 6.09 Å². The first-order chi connectivity index (χ1) is 6.99. The minimum absolute atomic E-state index is 0.148. The number of halogens is 1. The van der Waals surface area contributed by atoms with Crippen LogP contribution in [-0.4, -0.2) is 18.3 Å². The van der Waals surface area contributed by atoms with Crippen molar-refractivity contribution < 1.29 is 19.0 Å². The van der Waals surface area contributed by atoms with E-state index in [-0.39, 0.29) is 5.56 Å². The zero-order valence-electron chi connectivity index (χ0n) is 8.45. The fourth-order valence-electron chi connectivity index (χ4n) is 1.28. The number of carboxylic acid groups (broad SMARTS) is 1. The quantitative estimate of drug-likeness (QED) is 0.754. The van der Waals surface area contributed by atoms with E-state index in [4.69, 9.17) is 9.84 Å². The molecule has 0 aliphatic heterocycles. The van der Waals surface area contributed by atoms with Crippen LogP contribution in [0, 0.1) is 5.82 Å². The Bertz CT molecular complexity index is 369. The Morgan fingerprint density at radius 3 is 2.60 bits per heavy atom. The Morgan fingerprint density at radius 1 is 1.53 bits per heavy atom. The molecule has 0 bridgehead atoms. The van der Waals surface area contributed by atoms with Crippen LogP contribution in [0.2, 0.25) is 0 Å². The zero-order valence-corrected chi connectivity index (χ0v) is 8.45. The number of carbonyl (C=O) groups is 1. The maximum absolute atomic E-state index is 13.4. The highest BCUT2D eigenvalue weighted by Gasteiger charge is 2.30. The fraction of sp³-hybridized carbons (Fsp3) is 0.300. The van der Waals surface area contributed by atoms with Gasteiger partial charge in [0.05, 0.1) is 0 Å². The van der Waals surface area contributed by atoms with Crippen LogP contribution in [0.1, 0.15) is 12.5 Å². The van der Waals surface area contributed by atoms with Crippen LogP contribution in [0.4, 0.5) is 9.18 Å². The number of amides is 1. The molecule has 1 aromatic carbocycles. The summed E-state index contributed by atoms with van der Waals surface area (Å²) in [5.74, 6) is -0.518. The van der Waals surface area contributed by atoms with Gasteiger partial charge in [0.2, 0.25) is 0 Å². The van der Waals surface area contributed by atoms with Gasteiger partial charge < -0.3 is 9.84 Å². The molecule has 5 heteroatoms. The Hall–Kier alpha value is -1.62. The molecule has 1 atom stereocenters. The van der Waals surface area contributed by atoms with Crippen molar-refractivity contribution in [3.63, 3.8) is 0 Å². The first kappa shape index (κ1) is 11.5. The van der Waals surface area contributed by atoms with Crippen LogP contribution >= 0.6 is 0 Å². The van der Waals surface area contributed by atoms with Crippen molar-refractivity contribution in [2.45, 2.75) is 12.6 Å². The number of hydrogen-bond donors (Lipinski definition) is 2. The smallest absolute Gasteiger partial charge is 0.407 e. The van der Waals surface area contributed by atoms with Gasteiger partial charge in [0.15, 0.2) is 5.72 Å². The summed E-state index contributed by atoms with van der Waals surface area (Å²) in [6.45, 7) is 1.44. The van der Waals surface area contributed by atoms with E-state index in [1.165, 1.54) is 32.2 Å². The average molecular weight is 213 g/mol. The molecule has 4 nitrogen and oxygen atoms in total. The molecule has 2 N–H and O–H groups in total. The van der Waals surface area contributed by atoms with Crippen molar-refractivity contribution in [2.24, 2.45) is 0 Å². The summed E-state index contributed by atoms with van der Waals surface area (Å²) < 4.78 is 18.4. The summed E-state index contributed by atoms with van der Waals surface area (Å²) in [6, 6.07) is 5.85. The third kappa shape index (κ3) is 2.44. The molecule has 15 heavy (non-hydrogen) atoms. The number of nitrogens with one attached hydrogen (secondary N) is 1. The van der Waals surface area contributed by atoms with Crippen LogP contribution in [0.5, 0.6) is 0 Å². The van der Waals surface area contributed by atoms with Crippen molar-refractivity contribution in [3.05, 3.63) is 35.6 Å². The van der Waals surface area contributed by atoms with Crippen molar-refractivity contribution in [1.82, 2.24) is 5.32 Å². The lowest BCUT2D eigenvalue weighted by atomic mass is 10.0. The van der Waals surface area contributed by atoms with Crippen molar-refractivity contribution in [2.75, 3.05) is 7.11 Å². The van der Waals surface area contributed by atoms with Crippen LogP contribution in [0.15, 0.2) is 24.3 Å². The average Bonchev–Trinajstić information content (AvgIpc) is 2.17. The third-order valence-electron chi connectivity index (χ3n) is 2.14. The maximum atomic E-state index is 13.4. The van der Waals surface area contributed by atoms with Gasteiger partial charge in [-0.15, -0.1) is 0 Å². The molecule has 0 spiro atoms. The highest BCUT2D eigenvalue weighted by molar-refractivity contribution is 5.65. The number of rotatable bonds is 3. The molecule has 0 fully saturated rings. The van der Waals surface area contributed by atoms with E-state index in [1.54, 1.807) is 6.07 Å². The largest absolute Gasteiger partial charge is 0.465 e. The van der Waals surface area contributed by atoms with E-state index in [1.807, 2.05) is 0 Å². The molecular weight excluding hydrogens is 201 g/mol. The summed E-state index contributed by atoms with van der Waals surface area (Å²) in [5, 5.41) is 10.7. The first-order valence-corrected chi connectivity index (χ1v) is 4.31. The molecule has 1 aromatic rings. The lowest BCUT2D eigenvalue weighted by molar-refractivity contribution is -0.0259. The second-order valence-corrected chi connectivity index (χ2v) is 3.15. The van der Waals surface area contributed by atoms with Gasteiger partial charge in [0.25, 0.3) is 0 Å². The Morgan fingerprint density at radius 2 is 2.13 bits per heavy atom. The van der Waals surface area contributed by atoms with Crippen LogP contribution < -0.4 is 5.32 Å². The Labute approximate surface area is 86.7 Å². The highest BCUT2D eigenvalue weighted by atomic mass is 19.1. The summed E-state index contributed by atoms with van der Waals surface area (Å²) in [5.41, 5.74) is -1.23. The summed E-state index contributed by atoms with van der Waals surface area (Å²) in [4.78, 5) is 10.5. The van der Waals surface area contributed by atoms with Crippen LogP contribution in [0.25, 0.3) is 0 Å². The second-order valence-electron chi connectivity index (χ2n) is 3.15. The SMILES string of the molecule is COC(C)(NC(=O)O)c1ccccc1F. The lowest BCUT2D eigenvalue weighted by Gasteiger charge is -2.28. The number of methoxy groups -OCH3 is 1. The van der Waals surface area contributed by atoms with Gasteiger partial charge in [-0.3, -0.25) is 5.32 Å². The van der Waals surface area contributed by atoms with E-state index in [0.29, 0.717) is 0 Å². The molecule has 0 radical (unpaired) electrons. The number of ether oxygens (including phenoxy) is 1. The van der Waals surface area contributed by atoms with Crippen molar-refractivity contribution in [1.29, 1.82) is 0 Å². The van der Waals surface area contributed by atoms with Crippen LogP contribution in [0.3, 0.4) is 0 Å². The van der Waals surface area contributed by atoms with E-state index in [2.05, 4.69) is 5.32 Å². The van der Waals surface area contributed by atoms with Gasteiger partial charge in [-0.1, -0.05) is 18.2 Å². The van der Waals surface area contributed by atoms with Gasteiger partial charge in [-0.05, 0) is 13.0 Å². The van der Waals surface area contributed by atoms with Gasteiger partial charge in [-0.2, -0.15) is 0 Å². The summed E-state index contributed by atoms with van der Waals surface area (Å²) in [7, 11) is 1.31. The topological polar surface area (TPSA) is 58.6 Å². The molecule has 0 aliphatic carbocycles. The molecule has 1 amide bonds.